The number of hydrogen-bond donors (Lipinski definition) is 2. The van der Waals surface area contributed by atoms with Crippen molar-refractivity contribution in [3.8, 4) is 0 Å². The van der Waals surface area contributed by atoms with Crippen molar-refractivity contribution in [2.45, 2.75) is 6.42 Å². The predicted octanol–water partition coefficient (Wildman–Crippen LogP) is 1.03. The molecule has 1 aliphatic heterocycles. The molecule has 0 bridgehead atoms. The summed E-state index contributed by atoms with van der Waals surface area (Å²) >= 11 is 0. The highest BCUT2D eigenvalue weighted by Gasteiger charge is 2.12. The minimum absolute atomic E-state index is 0.0256. The zero-order valence-electron chi connectivity index (χ0n) is 5.89. The van der Waals surface area contributed by atoms with Crippen molar-refractivity contribution in [2.75, 3.05) is 17.2 Å². The van der Waals surface area contributed by atoms with Crippen molar-refractivity contribution in [2.24, 2.45) is 0 Å². The van der Waals surface area contributed by atoms with Gasteiger partial charge < -0.3 is 15.1 Å². The molecular weight excluding hydrogens is 144 g/mol. The first-order valence-electron chi connectivity index (χ1n) is 3.46. The van der Waals surface area contributed by atoms with E-state index in [0.717, 1.165) is 11.4 Å². The summed E-state index contributed by atoms with van der Waals surface area (Å²) in [5, 5.41) is 5.77. The van der Waals surface area contributed by atoms with Gasteiger partial charge in [-0.25, -0.2) is 0 Å². The maximum atomic E-state index is 11.0. The monoisotopic (exact) mass is 152 g/mol. The topological polar surface area (TPSA) is 54.3 Å². The zero-order valence-corrected chi connectivity index (χ0v) is 5.89. The van der Waals surface area contributed by atoms with Crippen LogP contribution < -0.4 is 10.6 Å². The first-order valence-corrected chi connectivity index (χ1v) is 3.46. The molecule has 0 unspecified atom stereocenters. The minimum atomic E-state index is 0.0256. The number of rotatable bonds is 0. The molecule has 1 aromatic rings. The fourth-order valence-corrected chi connectivity index (χ4v) is 1.05. The summed E-state index contributed by atoms with van der Waals surface area (Å²) in [5.74, 6) is 0.0256. The second-order valence-electron chi connectivity index (χ2n) is 2.42. The van der Waals surface area contributed by atoms with Gasteiger partial charge in [0.1, 0.15) is 18.2 Å². The summed E-state index contributed by atoms with van der Waals surface area (Å²) in [5.41, 5.74) is 1.59. The normalized spacial score (nSPS) is 16.2. The zero-order chi connectivity index (χ0) is 7.68. The van der Waals surface area contributed by atoms with E-state index >= 15 is 0 Å². The lowest BCUT2D eigenvalue weighted by Crippen LogP contribution is -2.10. The predicted molar refractivity (Wildman–Crippen MR) is 40.4 cm³/mol. The molecule has 0 aromatic carbocycles. The van der Waals surface area contributed by atoms with E-state index in [1.165, 1.54) is 6.26 Å². The lowest BCUT2D eigenvalue weighted by atomic mass is 10.4. The van der Waals surface area contributed by atoms with Crippen LogP contribution in [-0.2, 0) is 4.79 Å². The molecule has 11 heavy (non-hydrogen) atoms. The summed E-state index contributed by atoms with van der Waals surface area (Å²) in [6.45, 7) is 0.665. The highest BCUT2D eigenvalue weighted by atomic mass is 16.3. The highest BCUT2D eigenvalue weighted by molar-refractivity contribution is 5.95. The number of anilines is 2. The van der Waals surface area contributed by atoms with Crippen LogP contribution in [0.2, 0.25) is 0 Å². The first kappa shape index (κ1) is 6.27. The van der Waals surface area contributed by atoms with Crippen LogP contribution in [0.15, 0.2) is 16.9 Å². The molecule has 1 amide bonds. The Morgan fingerprint density at radius 1 is 1.36 bits per heavy atom. The van der Waals surface area contributed by atoms with E-state index in [1.807, 2.05) is 0 Å². The van der Waals surface area contributed by atoms with Gasteiger partial charge in [0.2, 0.25) is 5.91 Å². The molecule has 0 radical (unpaired) electrons. The number of hydrogen-bond acceptors (Lipinski definition) is 3. The molecule has 4 nitrogen and oxygen atoms in total. The van der Waals surface area contributed by atoms with Crippen LogP contribution in [0.4, 0.5) is 11.4 Å². The fraction of sp³-hybridized carbons (Fsp3) is 0.286. The quantitative estimate of drug-likeness (QED) is 0.583. The molecular formula is C7H8N2O2. The Morgan fingerprint density at radius 2 is 2.18 bits per heavy atom. The van der Waals surface area contributed by atoms with Crippen LogP contribution in [0.3, 0.4) is 0 Å². The Bertz CT molecular complexity index is 280. The van der Waals surface area contributed by atoms with E-state index < -0.39 is 0 Å². The van der Waals surface area contributed by atoms with Crippen LogP contribution in [0.5, 0.6) is 0 Å². The van der Waals surface area contributed by atoms with E-state index in [4.69, 9.17) is 4.42 Å². The van der Waals surface area contributed by atoms with Crippen molar-refractivity contribution in [1.82, 2.24) is 0 Å². The van der Waals surface area contributed by atoms with Crippen molar-refractivity contribution in [1.29, 1.82) is 0 Å². The number of nitrogens with one attached hydrogen (secondary N) is 2. The van der Waals surface area contributed by atoms with Gasteiger partial charge in [-0.15, -0.1) is 0 Å². The van der Waals surface area contributed by atoms with Crippen LogP contribution in [-0.4, -0.2) is 12.5 Å². The van der Waals surface area contributed by atoms with Gasteiger partial charge in [-0.2, -0.15) is 0 Å². The molecule has 1 aliphatic rings. The number of carbonyl (C=O) groups excluding carboxylic acids is 1. The Balaban J connectivity index is 2.32. The van der Waals surface area contributed by atoms with Gasteiger partial charge in [0, 0.05) is 13.0 Å². The van der Waals surface area contributed by atoms with Gasteiger partial charge in [0.25, 0.3) is 0 Å². The van der Waals surface area contributed by atoms with Crippen LogP contribution in [0, 0.1) is 0 Å². The minimum Gasteiger partial charge on any atom is -0.468 e. The number of carbonyl (C=O) groups is 1. The van der Waals surface area contributed by atoms with Gasteiger partial charge in [0.15, 0.2) is 0 Å². The van der Waals surface area contributed by atoms with E-state index in [0.29, 0.717) is 13.0 Å². The smallest absolute Gasteiger partial charge is 0.226 e. The second-order valence-corrected chi connectivity index (χ2v) is 2.42. The molecule has 2 N–H and O–H groups in total. The molecule has 58 valence electrons. The SMILES string of the molecule is O=C1CCNc2cocc2N1. The van der Waals surface area contributed by atoms with Crippen molar-refractivity contribution >= 4 is 17.3 Å². The van der Waals surface area contributed by atoms with Gasteiger partial charge >= 0.3 is 0 Å². The van der Waals surface area contributed by atoms with E-state index in [9.17, 15) is 4.79 Å². The molecule has 0 atom stereocenters. The van der Waals surface area contributed by atoms with E-state index in [-0.39, 0.29) is 5.91 Å². The van der Waals surface area contributed by atoms with Gasteiger partial charge in [0.05, 0.1) is 5.69 Å². The molecule has 0 saturated heterocycles. The highest BCUT2D eigenvalue weighted by Crippen LogP contribution is 2.24. The molecule has 0 aliphatic carbocycles. The number of fused-ring (bicyclic) bond motifs is 1. The largest absolute Gasteiger partial charge is 0.468 e. The Morgan fingerprint density at radius 3 is 3.09 bits per heavy atom. The Kier molecular flexibility index (Phi) is 1.31. The van der Waals surface area contributed by atoms with Crippen LogP contribution >= 0.6 is 0 Å². The third-order valence-electron chi connectivity index (χ3n) is 1.60. The Labute approximate surface area is 63.6 Å². The average Bonchev–Trinajstić information content (AvgIpc) is 2.31. The van der Waals surface area contributed by atoms with Gasteiger partial charge in [-0.3, -0.25) is 4.79 Å². The first-order chi connectivity index (χ1) is 5.36. The standard InChI is InChI=1S/C7H8N2O2/c10-7-1-2-8-5-3-11-4-6(5)9-7/h3-4,8H,1-2H2,(H,9,10). The third-order valence-corrected chi connectivity index (χ3v) is 1.60. The fourth-order valence-electron chi connectivity index (χ4n) is 1.05. The summed E-state index contributed by atoms with van der Waals surface area (Å²) in [7, 11) is 0. The summed E-state index contributed by atoms with van der Waals surface area (Å²) in [4.78, 5) is 11.0. The molecule has 0 saturated carbocycles. The maximum Gasteiger partial charge on any atom is 0.226 e. The molecule has 0 fully saturated rings. The second kappa shape index (κ2) is 2.30. The van der Waals surface area contributed by atoms with Crippen molar-refractivity contribution < 1.29 is 9.21 Å². The number of furan rings is 1. The third kappa shape index (κ3) is 1.07. The molecule has 4 heteroatoms. The van der Waals surface area contributed by atoms with Crippen LogP contribution in [0.1, 0.15) is 6.42 Å². The average molecular weight is 152 g/mol. The molecule has 2 heterocycles. The lowest BCUT2D eigenvalue weighted by Gasteiger charge is -1.96. The number of amides is 1. The van der Waals surface area contributed by atoms with Crippen molar-refractivity contribution in [3.05, 3.63) is 12.5 Å². The van der Waals surface area contributed by atoms with Crippen molar-refractivity contribution in [3.63, 3.8) is 0 Å². The van der Waals surface area contributed by atoms with E-state index in [2.05, 4.69) is 10.6 Å². The lowest BCUT2D eigenvalue weighted by molar-refractivity contribution is -0.115. The van der Waals surface area contributed by atoms with Gasteiger partial charge in [-0.05, 0) is 0 Å². The Hall–Kier alpha value is -1.45. The maximum absolute atomic E-state index is 11.0. The molecule has 0 spiro atoms. The summed E-state index contributed by atoms with van der Waals surface area (Å²) < 4.78 is 4.89. The van der Waals surface area contributed by atoms with Gasteiger partial charge in [-0.1, -0.05) is 0 Å². The van der Waals surface area contributed by atoms with E-state index in [1.54, 1.807) is 6.26 Å². The summed E-state index contributed by atoms with van der Waals surface area (Å²) in [6.07, 6.45) is 3.61. The van der Waals surface area contributed by atoms with Crippen LogP contribution in [0.25, 0.3) is 0 Å². The summed E-state index contributed by atoms with van der Waals surface area (Å²) in [6, 6.07) is 0. The molecule has 2 rings (SSSR count). The molecule has 1 aromatic heterocycles.